The zero-order chi connectivity index (χ0) is 23.7. The van der Waals surface area contributed by atoms with Gasteiger partial charge in [0, 0.05) is 36.0 Å². The standard InChI is InChI=1S/C26H33BrN2O4/c1-3-4-5-15-28-25(31)26(18-20-7-11-22(27)12-8-20)19(2)33-24(29-26)21-9-13-23(14-10-21)32-17-6-16-30/h7-14,19,30H,3-6,15-18H2,1-2H3,(H,28,31)/t19-,26-/m1/s1. The van der Waals surface area contributed by atoms with Crippen molar-refractivity contribution in [3.05, 3.63) is 64.1 Å². The fourth-order valence-corrected chi connectivity index (χ4v) is 4.05. The molecule has 1 aliphatic heterocycles. The normalized spacial score (nSPS) is 19.6. The minimum Gasteiger partial charge on any atom is -0.494 e. The van der Waals surface area contributed by atoms with E-state index in [1.54, 1.807) is 0 Å². The average molecular weight is 517 g/mol. The number of amides is 1. The fraction of sp³-hybridized carbons (Fsp3) is 0.462. The van der Waals surface area contributed by atoms with Crippen LogP contribution in [0, 0.1) is 0 Å². The molecule has 1 heterocycles. The number of hydrogen-bond donors (Lipinski definition) is 2. The van der Waals surface area contributed by atoms with Crippen molar-refractivity contribution in [2.45, 2.75) is 57.6 Å². The summed E-state index contributed by atoms with van der Waals surface area (Å²) in [5.74, 6) is 1.08. The van der Waals surface area contributed by atoms with Crippen molar-refractivity contribution < 1.29 is 19.4 Å². The molecule has 1 aliphatic rings. The summed E-state index contributed by atoms with van der Waals surface area (Å²) >= 11 is 3.47. The van der Waals surface area contributed by atoms with E-state index in [-0.39, 0.29) is 12.5 Å². The van der Waals surface area contributed by atoms with Crippen molar-refractivity contribution in [1.29, 1.82) is 0 Å². The van der Waals surface area contributed by atoms with Crippen LogP contribution in [-0.4, -0.2) is 48.3 Å². The summed E-state index contributed by atoms with van der Waals surface area (Å²) in [4.78, 5) is 18.3. The van der Waals surface area contributed by atoms with Gasteiger partial charge in [0.2, 0.25) is 5.90 Å². The zero-order valence-corrected chi connectivity index (χ0v) is 20.9. The lowest BCUT2D eigenvalue weighted by atomic mass is 9.86. The Morgan fingerprint density at radius 2 is 1.88 bits per heavy atom. The van der Waals surface area contributed by atoms with E-state index in [1.807, 2.05) is 55.5 Å². The smallest absolute Gasteiger partial charge is 0.252 e. The molecule has 0 radical (unpaired) electrons. The number of aliphatic imine (C=N–C) groups is 1. The van der Waals surface area contributed by atoms with Crippen molar-refractivity contribution in [1.82, 2.24) is 5.32 Å². The molecule has 33 heavy (non-hydrogen) atoms. The third kappa shape index (κ3) is 6.58. The molecule has 1 amide bonds. The third-order valence-corrected chi connectivity index (χ3v) is 6.31. The number of ether oxygens (including phenoxy) is 2. The Kier molecular flexibility index (Phi) is 9.32. The van der Waals surface area contributed by atoms with Gasteiger partial charge in [-0.25, -0.2) is 4.99 Å². The van der Waals surface area contributed by atoms with Crippen LogP contribution in [0.1, 0.15) is 50.7 Å². The molecule has 2 atom stereocenters. The van der Waals surface area contributed by atoms with Gasteiger partial charge in [-0.05, 0) is 55.3 Å². The van der Waals surface area contributed by atoms with E-state index in [2.05, 4.69) is 28.2 Å². The zero-order valence-electron chi connectivity index (χ0n) is 19.4. The van der Waals surface area contributed by atoms with E-state index in [9.17, 15) is 4.79 Å². The lowest BCUT2D eigenvalue weighted by Gasteiger charge is -2.28. The molecule has 2 N–H and O–H groups in total. The molecule has 0 bridgehead atoms. The fourth-order valence-electron chi connectivity index (χ4n) is 3.79. The molecule has 2 aromatic rings. The van der Waals surface area contributed by atoms with Gasteiger partial charge in [-0.2, -0.15) is 0 Å². The highest BCUT2D eigenvalue weighted by Gasteiger charge is 2.50. The predicted octanol–water partition coefficient (Wildman–Crippen LogP) is 4.66. The summed E-state index contributed by atoms with van der Waals surface area (Å²) in [5, 5.41) is 12.0. The van der Waals surface area contributed by atoms with E-state index in [4.69, 9.17) is 19.6 Å². The third-order valence-electron chi connectivity index (χ3n) is 5.78. The molecule has 178 valence electrons. The minimum absolute atomic E-state index is 0.0988. The number of nitrogens with one attached hydrogen (secondary N) is 1. The first-order chi connectivity index (χ1) is 16.0. The molecule has 2 aromatic carbocycles. The number of carbonyl (C=O) groups excluding carboxylic acids is 1. The second-order valence-corrected chi connectivity index (χ2v) is 9.23. The second-order valence-electron chi connectivity index (χ2n) is 8.32. The van der Waals surface area contributed by atoms with Crippen LogP contribution in [0.25, 0.3) is 0 Å². The van der Waals surface area contributed by atoms with Crippen LogP contribution in [0.2, 0.25) is 0 Å². The number of rotatable bonds is 12. The summed E-state index contributed by atoms with van der Waals surface area (Å²) < 4.78 is 12.8. The summed E-state index contributed by atoms with van der Waals surface area (Å²) in [5.41, 5.74) is 0.786. The molecule has 0 saturated carbocycles. The Morgan fingerprint density at radius 1 is 1.15 bits per heavy atom. The van der Waals surface area contributed by atoms with Crippen molar-refractivity contribution >= 4 is 27.7 Å². The SMILES string of the molecule is CCCCCNC(=O)[C@]1(Cc2ccc(Br)cc2)N=C(c2ccc(OCCCO)cc2)O[C@@H]1C. The van der Waals surface area contributed by atoms with E-state index in [1.165, 1.54) is 0 Å². The number of halogens is 1. The first kappa shape index (κ1) is 25.2. The maximum Gasteiger partial charge on any atom is 0.252 e. The van der Waals surface area contributed by atoms with Crippen LogP contribution in [0.15, 0.2) is 58.0 Å². The van der Waals surface area contributed by atoms with Crippen LogP contribution in [0.5, 0.6) is 5.75 Å². The van der Waals surface area contributed by atoms with Crippen molar-refractivity contribution in [2.75, 3.05) is 19.8 Å². The molecular weight excluding hydrogens is 484 g/mol. The van der Waals surface area contributed by atoms with E-state index < -0.39 is 11.6 Å². The Hall–Kier alpha value is -2.38. The molecule has 0 aromatic heterocycles. The van der Waals surface area contributed by atoms with Crippen molar-refractivity contribution in [3.63, 3.8) is 0 Å². The van der Waals surface area contributed by atoms with Gasteiger partial charge >= 0.3 is 0 Å². The first-order valence-electron chi connectivity index (χ1n) is 11.6. The summed E-state index contributed by atoms with van der Waals surface area (Å²) in [6, 6.07) is 15.4. The number of aliphatic hydroxyl groups is 1. The number of carbonyl (C=O) groups is 1. The monoisotopic (exact) mass is 516 g/mol. The highest BCUT2D eigenvalue weighted by Crippen LogP contribution is 2.33. The van der Waals surface area contributed by atoms with Crippen LogP contribution in [-0.2, 0) is 16.0 Å². The van der Waals surface area contributed by atoms with Gasteiger partial charge in [-0.3, -0.25) is 4.79 Å². The van der Waals surface area contributed by atoms with E-state index in [0.29, 0.717) is 37.6 Å². The number of unbranched alkanes of at least 4 members (excludes halogenated alkanes) is 2. The van der Waals surface area contributed by atoms with Gasteiger partial charge < -0.3 is 19.9 Å². The first-order valence-corrected chi connectivity index (χ1v) is 12.4. The van der Waals surface area contributed by atoms with Crippen LogP contribution >= 0.6 is 15.9 Å². The molecule has 0 spiro atoms. The van der Waals surface area contributed by atoms with Crippen LogP contribution in [0.4, 0.5) is 0 Å². The highest BCUT2D eigenvalue weighted by molar-refractivity contribution is 9.10. The lowest BCUT2D eigenvalue weighted by Crippen LogP contribution is -2.52. The number of hydrogen-bond acceptors (Lipinski definition) is 5. The van der Waals surface area contributed by atoms with Gasteiger partial charge in [0.1, 0.15) is 11.9 Å². The molecule has 6 nitrogen and oxygen atoms in total. The Labute approximate surface area is 204 Å². The molecule has 0 aliphatic carbocycles. The van der Waals surface area contributed by atoms with Crippen LogP contribution < -0.4 is 10.1 Å². The molecule has 7 heteroatoms. The quantitative estimate of drug-likeness (QED) is 0.402. The molecule has 3 rings (SSSR count). The maximum absolute atomic E-state index is 13.4. The van der Waals surface area contributed by atoms with Gasteiger partial charge in [-0.15, -0.1) is 0 Å². The van der Waals surface area contributed by atoms with Gasteiger partial charge in [0.05, 0.1) is 6.61 Å². The number of aliphatic hydroxyl groups excluding tert-OH is 1. The topological polar surface area (TPSA) is 80.2 Å². The highest BCUT2D eigenvalue weighted by atomic mass is 79.9. The lowest BCUT2D eigenvalue weighted by molar-refractivity contribution is -0.128. The summed E-state index contributed by atoms with van der Waals surface area (Å²) in [6.45, 7) is 5.24. The average Bonchev–Trinajstić information content (AvgIpc) is 3.16. The van der Waals surface area contributed by atoms with Gasteiger partial charge in [0.25, 0.3) is 5.91 Å². The minimum atomic E-state index is -1.04. The number of nitrogens with zero attached hydrogens (tertiary/aromatic N) is 1. The van der Waals surface area contributed by atoms with Crippen LogP contribution in [0.3, 0.4) is 0 Å². The number of benzene rings is 2. The second kappa shape index (κ2) is 12.2. The predicted molar refractivity (Wildman–Crippen MR) is 134 cm³/mol. The van der Waals surface area contributed by atoms with E-state index >= 15 is 0 Å². The Bertz CT molecular complexity index is 930. The van der Waals surface area contributed by atoms with Gasteiger partial charge in [0.15, 0.2) is 5.54 Å². The van der Waals surface area contributed by atoms with Gasteiger partial charge in [-0.1, -0.05) is 47.8 Å². The summed E-state index contributed by atoms with van der Waals surface area (Å²) in [6.07, 6.45) is 3.74. The van der Waals surface area contributed by atoms with Crippen molar-refractivity contribution in [2.24, 2.45) is 4.99 Å². The maximum atomic E-state index is 13.4. The molecule has 0 unspecified atom stereocenters. The molecule has 0 saturated heterocycles. The van der Waals surface area contributed by atoms with Crippen molar-refractivity contribution in [3.8, 4) is 5.75 Å². The summed E-state index contributed by atoms with van der Waals surface area (Å²) in [7, 11) is 0. The Morgan fingerprint density at radius 3 is 2.55 bits per heavy atom. The molecular formula is C26H33BrN2O4. The molecule has 0 fully saturated rings. The Balaban J connectivity index is 1.84. The van der Waals surface area contributed by atoms with E-state index in [0.717, 1.165) is 34.9 Å². The largest absolute Gasteiger partial charge is 0.494 e.